The zero-order valence-electron chi connectivity index (χ0n) is 10.8. The Morgan fingerprint density at radius 3 is 2.74 bits per heavy atom. The Morgan fingerprint density at radius 2 is 2.26 bits per heavy atom. The van der Waals surface area contributed by atoms with E-state index in [1.165, 1.54) is 13.3 Å². The minimum Gasteiger partial charge on any atom is -0.480 e. The summed E-state index contributed by atoms with van der Waals surface area (Å²) < 4.78 is 0. The van der Waals surface area contributed by atoms with Gasteiger partial charge in [0.15, 0.2) is 0 Å². The number of aromatic amines is 1. The van der Waals surface area contributed by atoms with Crippen molar-refractivity contribution in [2.45, 2.75) is 38.3 Å². The molecule has 8 nitrogen and oxygen atoms in total. The van der Waals surface area contributed by atoms with Gasteiger partial charge in [-0.3, -0.25) is 5.10 Å². The number of carboxylic acids is 1. The van der Waals surface area contributed by atoms with E-state index >= 15 is 0 Å². The summed E-state index contributed by atoms with van der Waals surface area (Å²) in [7, 11) is 0. The lowest BCUT2D eigenvalue weighted by Crippen LogP contribution is -2.57. The van der Waals surface area contributed by atoms with Crippen LogP contribution in [0.15, 0.2) is 6.33 Å². The van der Waals surface area contributed by atoms with Gasteiger partial charge < -0.3 is 15.7 Å². The lowest BCUT2D eigenvalue weighted by Gasteiger charge is -2.26. The molecular formula is C11H17N5O3. The average Bonchev–Trinajstić information content (AvgIpc) is 3.04. The summed E-state index contributed by atoms with van der Waals surface area (Å²) in [6.07, 6.45) is 2.98. The van der Waals surface area contributed by atoms with E-state index in [2.05, 4.69) is 25.8 Å². The van der Waals surface area contributed by atoms with Gasteiger partial charge in [-0.15, -0.1) is 0 Å². The maximum atomic E-state index is 11.9. The van der Waals surface area contributed by atoms with Gasteiger partial charge in [0.2, 0.25) is 0 Å². The number of H-pyrrole nitrogens is 1. The Hall–Kier alpha value is -2.12. The molecule has 0 spiro atoms. The molecule has 1 aromatic heterocycles. The van der Waals surface area contributed by atoms with Crippen LogP contribution in [-0.2, 0) is 4.79 Å². The Labute approximate surface area is 110 Å². The van der Waals surface area contributed by atoms with Crippen LogP contribution in [0.25, 0.3) is 0 Å². The van der Waals surface area contributed by atoms with E-state index in [9.17, 15) is 14.7 Å². The number of nitrogens with one attached hydrogen (secondary N) is 3. The molecule has 1 aliphatic carbocycles. The van der Waals surface area contributed by atoms with Crippen LogP contribution in [0.2, 0.25) is 0 Å². The number of hydrogen-bond donors (Lipinski definition) is 4. The van der Waals surface area contributed by atoms with E-state index in [1.807, 2.05) is 0 Å². The van der Waals surface area contributed by atoms with Gasteiger partial charge in [0, 0.05) is 0 Å². The van der Waals surface area contributed by atoms with Crippen LogP contribution in [0.3, 0.4) is 0 Å². The fourth-order valence-electron chi connectivity index (χ4n) is 1.95. The smallest absolute Gasteiger partial charge is 0.329 e. The molecule has 0 bridgehead atoms. The maximum absolute atomic E-state index is 11.9. The molecule has 4 N–H and O–H groups in total. The number of carbonyl (C=O) groups is 2. The minimum absolute atomic E-state index is 0.00339. The first-order chi connectivity index (χ1) is 8.93. The van der Waals surface area contributed by atoms with Crippen molar-refractivity contribution < 1.29 is 14.7 Å². The molecule has 0 aliphatic heterocycles. The van der Waals surface area contributed by atoms with Crippen LogP contribution in [-0.4, -0.2) is 37.8 Å². The third-order valence-electron chi connectivity index (χ3n) is 3.40. The number of carbonyl (C=O) groups excluding carboxylic acids is 1. The largest absolute Gasteiger partial charge is 0.480 e. The highest BCUT2D eigenvalue weighted by Gasteiger charge is 2.48. The van der Waals surface area contributed by atoms with Gasteiger partial charge in [-0.2, -0.15) is 5.10 Å². The van der Waals surface area contributed by atoms with Gasteiger partial charge >= 0.3 is 12.0 Å². The molecular weight excluding hydrogens is 250 g/mol. The van der Waals surface area contributed by atoms with Crippen molar-refractivity contribution in [2.24, 2.45) is 5.92 Å². The quantitative estimate of drug-likeness (QED) is 0.616. The van der Waals surface area contributed by atoms with Crippen molar-refractivity contribution in [1.29, 1.82) is 0 Å². The first-order valence-corrected chi connectivity index (χ1v) is 6.11. The van der Waals surface area contributed by atoms with Crippen LogP contribution >= 0.6 is 0 Å². The van der Waals surface area contributed by atoms with Crippen LogP contribution in [0.1, 0.15) is 38.6 Å². The van der Waals surface area contributed by atoms with Gasteiger partial charge in [-0.05, 0) is 32.6 Å². The maximum Gasteiger partial charge on any atom is 0.329 e. The van der Waals surface area contributed by atoms with E-state index < -0.39 is 17.5 Å². The standard InChI is InChI=1S/C11H17N5O3/c1-6(8-12-5-13-16-8)14-10(19)15-11(2,9(17)18)7-3-4-7/h5-7H,3-4H2,1-2H3,(H,17,18)(H,12,13,16)(H2,14,15,19). The van der Waals surface area contributed by atoms with Gasteiger partial charge in [-0.1, -0.05) is 0 Å². The molecule has 0 aromatic carbocycles. The molecule has 19 heavy (non-hydrogen) atoms. The van der Waals surface area contributed by atoms with Gasteiger partial charge in [0.25, 0.3) is 0 Å². The summed E-state index contributed by atoms with van der Waals surface area (Å²) in [5.41, 5.74) is -1.22. The van der Waals surface area contributed by atoms with Crippen molar-refractivity contribution in [3.8, 4) is 0 Å². The van der Waals surface area contributed by atoms with Crippen LogP contribution in [0.4, 0.5) is 4.79 Å². The molecule has 2 rings (SSSR count). The second-order valence-corrected chi connectivity index (χ2v) is 4.97. The fraction of sp³-hybridized carbons (Fsp3) is 0.636. The predicted octanol–water partition coefficient (Wildman–Crippen LogP) is 0.418. The van der Waals surface area contributed by atoms with Gasteiger partial charge in [0.1, 0.15) is 17.7 Å². The number of carboxylic acid groups (broad SMARTS) is 1. The number of rotatable bonds is 5. The Bertz CT molecular complexity index is 471. The Morgan fingerprint density at radius 1 is 1.58 bits per heavy atom. The summed E-state index contributed by atoms with van der Waals surface area (Å²) in [5, 5.41) is 20.7. The summed E-state index contributed by atoms with van der Waals surface area (Å²) in [5.74, 6) is -0.507. The number of aromatic nitrogens is 3. The number of nitrogens with zero attached hydrogens (tertiary/aromatic N) is 2. The zero-order chi connectivity index (χ0) is 14.0. The van der Waals surface area contributed by atoms with Crippen LogP contribution < -0.4 is 10.6 Å². The molecule has 2 atom stereocenters. The molecule has 1 fully saturated rings. The van der Waals surface area contributed by atoms with E-state index in [0.29, 0.717) is 5.82 Å². The van der Waals surface area contributed by atoms with Crippen molar-refractivity contribution in [1.82, 2.24) is 25.8 Å². The molecule has 0 saturated heterocycles. The second kappa shape index (κ2) is 4.87. The summed E-state index contributed by atoms with van der Waals surface area (Å²) in [6, 6.07) is -0.902. The number of aliphatic carboxylic acids is 1. The van der Waals surface area contributed by atoms with Crippen LogP contribution in [0, 0.1) is 5.92 Å². The zero-order valence-corrected chi connectivity index (χ0v) is 10.8. The van der Waals surface area contributed by atoms with E-state index in [4.69, 9.17) is 0 Å². The van der Waals surface area contributed by atoms with Crippen molar-refractivity contribution in [2.75, 3.05) is 0 Å². The lowest BCUT2D eigenvalue weighted by atomic mass is 9.96. The monoisotopic (exact) mass is 267 g/mol. The highest BCUT2D eigenvalue weighted by atomic mass is 16.4. The van der Waals surface area contributed by atoms with Crippen LogP contribution in [0.5, 0.6) is 0 Å². The molecule has 1 aromatic rings. The highest BCUT2D eigenvalue weighted by molar-refractivity contribution is 5.86. The third-order valence-corrected chi connectivity index (χ3v) is 3.40. The van der Waals surface area contributed by atoms with Gasteiger partial charge in [0.05, 0.1) is 6.04 Å². The van der Waals surface area contributed by atoms with E-state index in [-0.39, 0.29) is 12.0 Å². The molecule has 104 valence electrons. The molecule has 2 unspecified atom stereocenters. The number of hydrogen-bond acceptors (Lipinski definition) is 4. The molecule has 0 radical (unpaired) electrons. The van der Waals surface area contributed by atoms with E-state index in [1.54, 1.807) is 6.92 Å². The molecule has 2 amide bonds. The second-order valence-electron chi connectivity index (χ2n) is 4.97. The van der Waals surface area contributed by atoms with Crippen molar-refractivity contribution in [3.63, 3.8) is 0 Å². The third kappa shape index (κ3) is 2.83. The Kier molecular flexibility index (Phi) is 3.41. The summed E-state index contributed by atoms with van der Waals surface area (Å²) in [4.78, 5) is 27.1. The minimum atomic E-state index is -1.22. The fourth-order valence-corrected chi connectivity index (χ4v) is 1.95. The summed E-state index contributed by atoms with van der Waals surface area (Å²) in [6.45, 7) is 3.26. The van der Waals surface area contributed by atoms with Gasteiger partial charge in [-0.25, -0.2) is 14.6 Å². The number of urea groups is 1. The highest BCUT2D eigenvalue weighted by Crippen LogP contribution is 2.39. The van der Waals surface area contributed by atoms with Crippen molar-refractivity contribution in [3.05, 3.63) is 12.2 Å². The van der Waals surface area contributed by atoms with E-state index in [0.717, 1.165) is 12.8 Å². The van der Waals surface area contributed by atoms with Crippen molar-refractivity contribution >= 4 is 12.0 Å². The topological polar surface area (TPSA) is 120 Å². The first kappa shape index (κ1) is 13.3. The molecule has 1 heterocycles. The Balaban J connectivity index is 1.95. The number of amides is 2. The first-order valence-electron chi connectivity index (χ1n) is 6.11. The molecule has 8 heteroatoms. The molecule has 1 aliphatic rings. The lowest BCUT2D eigenvalue weighted by molar-refractivity contribution is -0.144. The average molecular weight is 267 g/mol. The summed E-state index contributed by atoms with van der Waals surface area (Å²) >= 11 is 0. The normalized spacial score (nSPS) is 19.3. The SMILES string of the molecule is CC(NC(=O)NC(C)(C(=O)O)C1CC1)c1ncn[nH]1. The molecule has 1 saturated carbocycles. The predicted molar refractivity (Wildman–Crippen MR) is 65.2 cm³/mol.